The van der Waals surface area contributed by atoms with E-state index in [9.17, 15) is 20.1 Å². The van der Waals surface area contributed by atoms with Gasteiger partial charge in [-0.25, -0.2) is 0 Å². The SMILES string of the molecule is C[C@H](Cc1cccc(CC(=O)NCc2c(Cl)cccc2Cl)c1)NC[C@H](O)c1ccc(O)c(CO)c1. The molecule has 0 saturated heterocycles. The van der Waals surface area contributed by atoms with Crippen molar-refractivity contribution >= 4 is 29.1 Å². The minimum absolute atomic E-state index is 0.00556. The number of phenols is 1. The van der Waals surface area contributed by atoms with E-state index in [4.69, 9.17) is 23.2 Å². The lowest BCUT2D eigenvalue weighted by Crippen LogP contribution is -2.32. The van der Waals surface area contributed by atoms with Gasteiger partial charge in [-0.05, 0) is 54.3 Å². The molecule has 2 atom stereocenters. The molecule has 35 heavy (non-hydrogen) atoms. The number of carbonyl (C=O) groups excluding carboxylic acids is 1. The smallest absolute Gasteiger partial charge is 0.224 e. The summed E-state index contributed by atoms with van der Waals surface area (Å²) in [6.07, 6.45) is 0.185. The van der Waals surface area contributed by atoms with Gasteiger partial charge >= 0.3 is 0 Å². The zero-order valence-corrected chi connectivity index (χ0v) is 21.0. The number of hydrogen-bond acceptors (Lipinski definition) is 5. The maximum Gasteiger partial charge on any atom is 0.224 e. The summed E-state index contributed by atoms with van der Waals surface area (Å²) in [5.41, 5.74) is 3.67. The van der Waals surface area contributed by atoms with Gasteiger partial charge in [0.05, 0.1) is 19.1 Å². The quantitative estimate of drug-likeness (QED) is 0.261. The number of rotatable bonds is 11. The van der Waals surface area contributed by atoms with Gasteiger partial charge in [-0.3, -0.25) is 4.79 Å². The molecule has 1 amide bonds. The minimum atomic E-state index is -0.773. The number of aliphatic hydroxyl groups is 2. The Balaban J connectivity index is 1.49. The Morgan fingerprint density at radius 1 is 1.00 bits per heavy atom. The van der Waals surface area contributed by atoms with E-state index < -0.39 is 6.10 Å². The number of amides is 1. The summed E-state index contributed by atoms with van der Waals surface area (Å²) in [5.74, 6) is -0.116. The lowest BCUT2D eigenvalue weighted by atomic mass is 10.0. The van der Waals surface area contributed by atoms with Crippen molar-refractivity contribution in [2.45, 2.75) is 45.1 Å². The molecule has 0 fully saturated rings. The van der Waals surface area contributed by atoms with E-state index in [1.165, 1.54) is 6.07 Å². The standard InChI is InChI=1S/C27H30Cl2N2O4/c1-17(30-15-26(34)20-8-9-25(33)21(13-20)16-32)10-18-4-2-5-19(11-18)12-27(35)31-14-22-23(28)6-3-7-24(22)29/h2-9,11,13,17,26,30,32-34H,10,12,14-16H2,1H3,(H,31,35)/t17-,26+/m1/s1. The third kappa shape index (κ3) is 7.95. The first kappa shape index (κ1) is 27.0. The summed E-state index contributed by atoms with van der Waals surface area (Å²) in [4.78, 5) is 12.5. The first-order valence-electron chi connectivity index (χ1n) is 11.4. The normalized spacial score (nSPS) is 12.8. The number of benzene rings is 3. The van der Waals surface area contributed by atoms with Crippen molar-refractivity contribution in [2.75, 3.05) is 6.54 Å². The van der Waals surface area contributed by atoms with Crippen molar-refractivity contribution in [3.8, 4) is 5.75 Å². The zero-order valence-electron chi connectivity index (χ0n) is 19.5. The molecule has 0 aromatic heterocycles. The van der Waals surface area contributed by atoms with Gasteiger partial charge in [-0.2, -0.15) is 0 Å². The van der Waals surface area contributed by atoms with Gasteiger partial charge in [-0.15, -0.1) is 0 Å². The summed E-state index contributed by atoms with van der Waals surface area (Å²) >= 11 is 12.3. The molecule has 0 spiro atoms. The highest BCUT2D eigenvalue weighted by molar-refractivity contribution is 6.36. The van der Waals surface area contributed by atoms with Crippen LogP contribution in [0.25, 0.3) is 0 Å². The zero-order chi connectivity index (χ0) is 25.4. The molecule has 8 heteroatoms. The Bertz CT molecular complexity index is 1140. The molecule has 0 unspecified atom stereocenters. The predicted octanol–water partition coefficient (Wildman–Crippen LogP) is 4.30. The van der Waals surface area contributed by atoms with Crippen LogP contribution < -0.4 is 10.6 Å². The lowest BCUT2D eigenvalue weighted by molar-refractivity contribution is -0.120. The van der Waals surface area contributed by atoms with Crippen molar-refractivity contribution in [1.29, 1.82) is 0 Å². The first-order chi connectivity index (χ1) is 16.8. The number of halogens is 2. The average Bonchev–Trinajstić information content (AvgIpc) is 2.82. The molecule has 5 N–H and O–H groups in total. The molecule has 3 aromatic rings. The number of aromatic hydroxyl groups is 1. The van der Waals surface area contributed by atoms with Crippen molar-refractivity contribution in [1.82, 2.24) is 10.6 Å². The highest BCUT2D eigenvalue weighted by Crippen LogP contribution is 2.24. The average molecular weight is 517 g/mol. The highest BCUT2D eigenvalue weighted by Gasteiger charge is 2.13. The molecular formula is C27H30Cl2N2O4. The number of nitrogens with one attached hydrogen (secondary N) is 2. The largest absolute Gasteiger partial charge is 0.508 e. The second kappa shape index (κ2) is 12.9. The molecule has 0 radical (unpaired) electrons. The molecule has 0 bridgehead atoms. The fourth-order valence-electron chi connectivity index (χ4n) is 3.80. The summed E-state index contributed by atoms with van der Waals surface area (Å²) in [5, 5.41) is 36.7. The van der Waals surface area contributed by atoms with Crippen molar-refractivity contribution < 1.29 is 20.1 Å². The van der Waals surface area contributed by atoms with Gasteiger partial charge in [0.2, 0.25) is 5.91 Å². The molecule has 3 rings (SSSR count). The van der Waals surface area contributed by atoms with Crippen LogP contribution in [-0.4, -0.2) is 33.8 Å². The predicted molar refractivity (Wildman–Crippen MR) is 139 cm³/mol. The fraction of sp³-hybridized carbons (Fsp3) is 0.296. The van der Waals surface area contributed by atoms with E-state index in [2.05, 4.69) is 10.6 Å². The van der Waals surface area contributed by atoms with Crippen molar-refractivity contribution in [3.63, 3.8) is 0 Å². The monoisotopic (exact) mass is 516 g/mol. The molecular weight excluding hydrogens is 487 g/mol. The first-order valence-corrected chi connectivity index (χ1v) is 12.1. The Morgan fingerprint density at radius 3 is 2.40 bits per heavy atom. The van der Waals surface area contributed by atoms with Crippen LogP contribution in [0.2, 0.25) is 10.0 Å². The second-order valence-electron chi connectivity index (χ2n) is 8.55. The van der Waals surface area contributed by atoms with E-state index in [1.54, 1.807) is 30.3 Å². The summed E-state index contributed by atoms with van der Waals surface area (Å²) in [6, 6.07) is 17.9. The second-order valence-corrected chi connectivity index (χ2v) is 9.36. The van der Waals surface area contributed by atoms with Gasteiger partial charge in [0, 0.05) is 40.3 Å². The van der Waals surface area contributed by atoms with Crippen LogP contribution >= 0.6 is 23.2 Å². The Hall–Kier alpha value is -2.61. The maximum atomic E-state index is 12.5. The molecule has 3 aromatic carbocycles. The van der Waals surface area contributed by atoms with Crippen LogP contribution in [0.15, 0.2) is 60.7 Å². The summed E-state index contributed by atoms with van der Waals surface area (Å²) in [7, 11) is 0. The van der Waals surface area contributed by atoms with E-state index in [1.807, 2.05) is 31.2 Å². The van der Waals surface area contributed by atoms with Crippen LogP contribution in [0.4, 0.5) is 0 Å². The fourth-order valence-corrected chi connectivity index (χ4v) is 4.33. The summed E-state index contributed by atoms with van der Waals surface area (Å²) < 4.78 is 0. The lowest BCUT2D eigenvalue weighted by Gasteiger charge is -2.18. The number of hydrogen-bond donors (Lipinski definition) is 5. The van der Waals surface area contributed by atoms with E-state index in [-0.39, 0.29) is 37.3 Å². The van der Waals surface area contributed by atoms with Gasteiger partial charge in [0.1, 0.15) is 5.75 Å². The molecule has 6 nitrogen and oxygen atoms in total. The van der Waals surface area contributed by atoms with E-state index >= 15 is 0 Å². The van der Waals surface area contributed by atoms with Crippen molar-refractivity contribution in [2.24, 2.45) is 0 Å². The third-order valence-electron chi connectivity index (χ3n) is 5.74. The summed E-state index contributed by atoms with van der Waals surface area (Å²) in [6.45, 7) is 2.32. The van der Waals surface area contributed by atoms with Gasteiger partial charge < -0.3 is 26.0 Å². The van der Waals surface area contributed by atoms with Crippen LogP contribution in [0.5, 0.6) is 5.75 Å². The maximum absolute atomic E-state index is 12.5. The van der Waals surface area contributed by atoms with Gasteiger partial charge in [0.15, 0.2) is 0 Å². The minimum Gasteiger partial charge on any atom is -0.508 e. The molecule has 0 aliphatic heterocycles. The molecule has 0 heterocycles. The Morgan fingerprint density at radius 2 is 1.69 bits per heavy atom. The third-order valence-corrected chi connectivity index (χ3v) is 6.45. The highest BCUT2D eigenvalue weighted by atomic mass is 35.5. The van der Waals surface area contributed by atoms with Crippen LogP contribution in [-0.2, 0) is 30.8 Å². The topological polar surface area (TPSA) is 102 Å². The Kier molecular flexibility index (Phi) is 9.95. The van der Waals surface area contributed by atoms with Gasteiger partial charge in [-0.1, -0.05) is 59.6 Å². The Labute approximate surface area is 215 Å². The van der Waals surface area contributed by atoms with Gasteiger partial charge in [0.25, 0.3) is 0 Å². The van der Waals surface area contributed by atoms with Crippen LogP contribution in [0, 0.1) is 0 Å². The molecule has 0 saturated carbocycles. The van der Waals surface area contributed by atoms with Crippen LogP contribution in [0.1, 0.15) is 40.8 Å². The number of aliphatic hydroxyl groups excluding tert-OH is 2. The van der Waals surface area contributed by atoms with E-state index in [0.29, 0.717) is 33.3 Å². The molecule has 0 aliphatic carbocycles. The number of carbonyl (C=O) groups is 1. The van der Waals surface area contributed by atoms with E-state index in [0.717, 1.165) is 17.5 Å². The van der Waals surface area contributed by atoms with Crippen molar-refractivity contribution in [3.05, 3.63) is 98.5 Å². The molecule has 186 valence electrons. The van der Waals surface area contributed by atoms with Crippen LogP contribution in [0.3, 0.4) is 0 Å². The molecule has 0 aliphatic rings.